The fourth-order valence-corrected chi connectivity index (χ4v) is 2.27. The van der Waals surface area contributed by atoms with Gasteiger partial charge in [-0.25, -0.2) is 4.39 Å². The second kappa shape index (κ2) is 8.49. The second-order valence-electron chi connectivity index (χ2n) is 5.35. The van der Waals surface area contributed by atoms with Gasteiger partial charge in [0.1, 0.15) is 5.82 Å². The van der Waals surface area contributed by atoms with E-state index >= 15 is 0 Å². The van der Waals surface area contributed by atoms with Crippen LogP contribution < -0.4 is 5.32 Å². The van der Waals surface area contributed by atoms with Crippen LogP contribution in [-0.4, -0.2) is 13.1 Å². The summed E-state index contributed by atoms with van der Waals surface area (Å²) >= 11 is 3.38. The highest BCUT2D eigenvalue weighted by atomic mass is 79.9. The van der Waals surface area contributed by atoms with Crippen molar-refractivity contribution in [2.75, 3.05) is 13.1 Å². The van der Waals surface area contributed by atoms with Gasteiger partial charge in [-0.3, -0.25) is 0 Å². The molecule has 0 fully saturated rings. The number of hydrogen-bond donors (Lipinski definition) is 1. The lowest BCUT2D eigenvalue weighted by Gasteiger charge is -2.07. The third-order valence-corrected chi connectivity index (χ3v) is 3.34. The number of benzene rings is 1. The number of halogens is 2. The van der Waals surface area contributed by atoms with Crippen LogP contribution in [0.5, 0.6) is 0 Å². The average molecular weight is 328 g/mol. The van der Waals surface area contributed by atoms with Gasteiger partial charge in [-0.1, -0.05) is 41.4 Å². The molecule has 0 saturated heterocycles. The Morgan fingerprint density at radius 1 is 1.42 bits per heavy atom. The Labute approximate surface area is 124 Å². The highest BCUT2D eigenvalue weighted by Crippen LogP contribution is 2.18. The molecule has 0 aromatic heterocycles. The molecule has 1 aromatic rings. The van der Waals surface area contributed by atoms with Crippen LogP contribution in [0, 0.1) is 11.7 Å². The van der Waals surface area contributed by atoms with Crippen LogP contribution >= 0.6 is 15.9 Å². The number of nitrogens with one attached hydrogen (secondary N) is 1. The van der Waals surface area contributed by atoms with E-state index in [2.05, 4.69) is 48.1 Å². The van der Waals surface area contributed by atoms with Gasteiger partial charge in [-0.05, 0) is 62.5 Å². The largest absolute Gasteiger partial charge is 0.316 e. The van der Waals surface area contributed by atoms with Gasteiger partial charge in [0.25, 0.3) is 0 Å². The Morgan fingerprint density at radius 2 is 2.16 bits per heavy atom. The normalized spacial score (nSPS) is 12.2. The molecule has 0 unspecified atom stereocenters. The van der Waals surface area contributed by atoms with E-state index in [1.807, 2.05) is 6.07 Å². The molecule has 0 aliphatic heterocycles. The van der Waals surface area contributed by atoms with Gasteiger partial charge < -0.3 is 5.32 Å². The van der Waals surface area contributed by atoms with E-state index in [4.69, 9.17) is 0 Å². The molecule has 1 nitrogen and oxygen atoms in total. The molecule has 106 valence electrons. The molecule has 0 amide bonds. The first kappa shape index (κ1) is 16.4. The first-order chi connectivity index (χ1) is 8.99. The highest BCUT2D eigenvalue weighted by molar-refractivity contribution is 9.10. The van der Waals surface area contributed by atoms with Gasteiger partial charge in [0, 0.05) is 4.47 Å². The van der Waals surface area contributed by atoms with E-state index in [0.29, 0.717) is 12.3 Å². The minimum Gasteiger partial charge on any atom is -0.316 e. The lowest BCUT2D eigenvalue weighted by Crippen LogP contribution is -2.20. The van der Waals surface area contributed by atoms with Crippen molar-refractivity contribution < 1.29 is 4.39 Å². The van der Waals surface area contributed by atoms with Crippen LogP contribution in [0.1, 0.15) is 32.8 Å². The Balaban J connectivity index is 2.41. The molecule has 0 atom stereocenters. The first-order valence-electron chi connectivity index (χ1n) is 6.79. The molecule has 1 aromatic carbocycles. The van der Waals surface area contributed by atoms with Crippen molar-refractivity contribution in [2.45, 2.75) is 33.6 Å². The summed E-state index contributed by atoms with van der Waals surface area (Å²) in [6, 6.07) is 5.09. The monoisotopic (exact) mass is 327 g/mol. The number of hydrogen-bond acceptors (Lipinski definition) is 1. The van der Waals surface area contributed by atoms with E-state index in [0.717, 1.165) is 29.5 Å². The summed E-state index contributed by atoms with van der Waals surface area (Å²) in [6.45, 7) is 8.49. The lowest BCUT2D eigenvalue weighted by atomic mass is 10.0. The highest BCUT2D eigenvalue weighted by Gasteiger charge is 2.03. The van der Waals surface area contributed by atoms with E-state index in [1.54, 1.807) is 6.07 Å². The maximum absolute atomic E-state index is 13.6. The Morgan fingerprint density at radius 3 is 2.84 bits per heavy atom. The van der Waals surface area contributed by atoms with Crippen molar-refractivity contribution in [3.05, 3.63) is 45.7 Å². The predicted octanol–water partition coefficient (Wildman–Crippen LogP) is 4.71. The molecule has 3 heteroatoms. The van der Waals surface area contributed by atoms with Crippen molar-refractivity contribution in [3.63, 3.8) is 0 Å². The number of allylic oxidation sites excluding steroid dienone is 1. The minimum absolute atomic E-state index is 0.131. The van der Waals surface area contributed by atoms with Crippen molar-refractivity contribution in [1.29, 1.82) is 0 Å². The quantitative estimate of drug-likeness (QED) is 0.564. The molecule has 0 aliphatic carbocycles. The van der Waals surface area contributed by atoms with Crippen LogP contribution in [0.4, 0.5) is 4.39 Å². The summed E-state index contributed by atoms with van der Waals surface area (Å²) < 4.78 is 14.5. The van der Waals surface area contributed by atoms with Crippen molar-refractivity contribution in [3.8, 4) is 0 Å². The molecule has 0 aliphatic rings. The van der Waals surface area contributed by atoms with Gasteiger partial charge in [-0.15, -0.1) is 0 Å². The smallest absolute Gasteiger partial charge is 0.126 e. The summed E-state index contributed by atoms with van der Waals surface area (Å²) in [5.74, 6) is 0.551. The standard InChI is InChI=1S/C16H23BrFN/c1-12(2)11-19-8-4-5-13(3)9-14-10-15(17)6-7-16(14)18/h5-7,10,12,19H,4,8-9,11H2,1-3H3. The van der Waals surface area contributed by atoms with Crippen molar-refractivity contribution in [1.82, 2.24) is 5.32 Å². The van der Waals surface area contributed by atoms with Crippen LogP contribution in [0.15, 0.2) is 34.3 Å². The SMILES string of the molecule is CC(=CCCNCC(C)C)Cc1cc(Br)ccc1F. The molecule has 1 N–H and O–H groups in total. The zero-order valence-corrected chi connectivity index (χ0v) is 13.6. The van der Waals surface area contributed by atoms with E-state index in [1.165, 1.54) is 11.6 Å². The molecule has 0 saturated carbocycles. The fraction of sp³-hybridized carbons (Fsp3) is 0.500. The van der Waals surface area contributed by atoms with E-state index < -0.39 is 0 Å². The van der Waals surface area contributed by atoms with Crippen LogP contribution in [0.2, 0.25) is 0 Å². The maximum atomic E-state index is 13.6. The van der Waals surface area contributed by atoms with Crippen molar-refractivity contribution in [2.24, 2.45) is 5.92 Å². The molecular weight excluding hydrogens is 305 g/mol. The first-order valence-corrected chi connectivity index (χ1v) is 7.58. The van der Waals surface area contributed by atoms with Crippen molar-refractivity contribution >= 4 is 15.9 Å². The van der Waals surface area contributed by atoms with E-state index in [9.17, 15) is 4.39 Å². The van der Waals surface area contributed by atoms with E-state index in [-0.39, 0.29) is 5.82 Å². The predicted molar refractivity (Wildman–Crippen MR) is 83.9 cm³/mol. The molecule has 0 radical (unpaired) electrons. The molecular formula is C16H23BrFN. The van der Waals surface area contributed by atoms with Gasteiger partial charge in [-0.2, -0.15) is 0 Å². The molecule has 1 rings (SSSR count). The molecule has 0 spiro atoms. The van der Waals surface area contributed by atoms with Crippen LogP contribution in [0.25, 0.3) is 0 Å². The summed E-state index contributed by atoms with van der Waals surface area (Å²) in [6.07, 6.45) is 3.86. The summed E-state index contributed by atoms with van der Waals surface area (Å²) in [5, 5.41) is 3.40. The zero-order valence-electron chi connectivity index (χ0n) is 12.0. The summed E-state index contributed by atoms with van der Waals surface area (Å²) in [5.41, 5.74) is 1.96. The zero-order chi connectivity index (χ0) is 14.3. The van der Waals surface area contributed by atoms with Gasteiger partial charge in [0.2, 0.25) is 0 Å². The topological polar surface area (TPSA) is 12.0 Å². The molecule has 0 bridgehead atoms. The Kier molecular flexibility index (Phi) is 7.32. The fourth-order valence-electron chi connectivity index (χ4n) is 1.86. The van der Waals surface area contributed by atoms with Gasteiger partial charge in [0.15, 0.2) is 0 Å². The summed E-state index contributed by atoms with van der Waals surface area (Å²) in [7, 11) is 0. The molecule has 19 heavy (non-hydrogen) atoms. The van der Waals surface area contributed by atoms with Gasteiger partial charge in [0.05, 0.1) is 0 Å². The summed E-state index contributed by atoms with van der Waals surface area (Å²) in [4.78, 5) is 0. The van der Waals surface area contributed by atoms with Gasteiger partial charge >= 0.3 is 0 Å². The van der Waals surface area contributed by atoms with Crippen LogP contribution in [-0.2, 0) is 6.42 Å². The van der Waals surface area contributed by atoms with Crippen LogP contribution in [0.3, 0.4) is 0 Å². The molecule has 0 heterocycles. The Bertz CT molecular complexity index is 427. The maximum Gasteiger partial charge on any atom is 0.126 e. The average Bonchev–Trinajstić information content (AvgIpc) is 2.33. The minimum atomic E-state index is -0.131. The number of rotatable bonds is 7. The lowest BCUT2D eigenvalue weighted by molar-refractivity contribution is 0.556. The second-order valence-corrected chi connectivity index (χ2v) is 6.27. The third kappa shape index (κ3) is 6.88. The third-order valence-electron chi connectivity index (χ3n) is 2.84. The Hall–Kier alpha value is -0.670.